The summed E-state index contributed by atoms with van der Waals surface area (Å²) in [5.41, 5.74) is -4.50. The Morgan fingerprint density at radius 1 is 0.848 bits per heavy atom. The third-order valence-corrected chi connectivity index (χ3v) is 9.01. The van der Waals surface area contributed by atoms with Crippen LogP contribution >= 0.6 is 0 Å². The van der Waals surface area contributed by atoms with Crippen molar-refractivity contribution in [3.63, 3.8) is 0 Å². The highest BCUT2D eigenvalue weighted by molar-refractivity contribution is 6.09. The average molecular weight is 649 g/mol. The fourth-order valence-electron chi connectivity index (χ4n) is 6.24. The monoisotopic (exact) mass is 648 g/mol. The average Bonchev–Trinajstić information content (AvgIpc) is 3.02. The number of aliphatic hydroxyl groups excluding tert-OH is 1. The molecule has 2 saturated heterocycles. The molecule has 0 amide bonds. The molecule has 46 heavy (non-hydrogen) atoms. The van der Waals surface area contributed by atoms with E-state index in [9.17, 15) is 24.3 Å². The second-order valence-corrected chi connectivity index (χ2v) is 14.1. The Morgan fingerprint density at radius 3 is 1.87 bits per heavy atom. The minimum absolute atomic E-state index is 0.110. The molecule has 11 nitrogen and oxygen atoms in total. The number of hydrogen-bond acceptors (Lipinski definition) is 11. The van der Waals surface area contributed by atoms with Crippen molar-refractivity contribution in [3.05, 3.63) is 35.4 Å². The number of Topliss-reactive ketones (excluding diaryl/α,β-unsaturated/α-hetero) is 2. The number of rotatable bonds is 13. The lowest BCUT2D eigenvalue weighted by atomic mass is 9.65. The Morgan fingerprint density at radius 2 is 1.41 bits per heavy atom. The van der Waals surface area contributed by atoms with Crippen LogP contribution in [0.2, 0.25) is 0 Å². The molecule has 3 rings (SSSR count). The van der Waals surface area contributed by atoms with E-state index in [1.54, 1.807) is 19.1 Å². The summed E-state index contributed by atoms with van der Waals surface area (Å²) in [5.74, 6) is -4.81. The Balaban J connectivity index is 2.09. The zero-order chi connectivity index (χ0) is 34.3. The molecule has 2 aliphatic rings. The van der Waals surface area contributed by atoms with Gasteiger partial charge in [-0.05, 0) is 75.3 Å². The van der Waals surface area contributed by atoms with E-state index in [-0.39, 0.29) is 13.0 Å². The van der Waals surface area contributed by atoms with Gasteiger partial charge < -0.3 is 24.1 Å². The number of aliphatic hydroxyl groups is 1. The van der Waals surface area contributed by atoms with Gasteiger partial charge in [0, 0.05) is 24.5 Å². The van der Waals surface area contributed by atoms with Crippen molar-refractivity contribution >= 4 is 23.5 Å². The van der Waals surface area contributed by atoms with Crippen LogP contribution in [-0.2, 0) is 53.3 Å². The van der Waals surface area contributed by atoms with E-state index in [2.05, 4.69) is 0 Å². The summed E-state index contributed by atoms with van der Waals surface area (Å²) in [7, 11) is 0. The molecule has 0 radical (unpaired) electrons. The Bertz CT molecular complexity index is 1220. The van der Waals surface area contributed by atoms with E-state index >= 15 is 0 Å². The molecule has 0 saturated carbocycles. The maximum atomic E-state index is 14.4. The first-order valence-electron chi connectivity index (χ1n) is 16.3. The predicted molar refractivity (Wildman–Crippen MR) is 167 cm³/mol. The van der Waals surface area contributed by atoms with Gasteiger partial charge in [-0.3, -0.25) is 9.59 Å². The Hall–Kier alpha value is -2.70. The van der Waals surface area contributed by atoms with Crippen molar-refractivity contribution in [1.29, 1.82) is 0 Å². The Labute approximate surface area is 272 Å². The van der Waals surface area contributed by atoms with Gasteiger partial charge in [0.2, 0.25) is 11.2 Å². The minimum atomic E-state index is -2.33. The lowest BCUT2D eigenvalue weighted by Gasteiger charge is -2.45. The van der Waals surface area contributed by atoms with Crippen LogP contribution in [0, 0.1) is 5.41 Å². The predicted octanol–water partition coefficient (Wildman–Crippen LogP) is 5.24. The Kier molecular flexibility index (Phi) is 12.7. The molecule has 5 unspecified atom stereocenters. The number of ketones is 2. The summed E-state index contributed by atoms with van der Waals surface area (Å²) in [4.78, 5) is 65.0. The van der Waals surface area contributed by atoms with Gasteiger partial charge in [0.1, 0.15) is 0 Å². The second kappa shape index (κ2) is 15.5. The smallest absolute Gasteiger partial charge is 0.395 e. The van der Waals surface area contributed by atoms with Crippen LogP contribution in [-0.4, -0.2) is 72.2 Å². The molecule has 1 aromatic carbocycles. The first-order valence-corrected chi connectivity index (χ1v) is 16.3. The number of carbonyl (C=O) groups is 4. The summed E-state index contributed by atoms with van der Waals surface area (Å²) in [6, 6.07) is 7.28. The molecule has 258 valence electrons. The van der Waals surface area contributed by atoms with Crippen LogP contribution in [0.4, 0.5) is 0 Å². The minimum Gasteiger partial charge on any atom is -0.395 e. The lowest BCUT2D eigenvalue weighted by Crippen LogP contribution is -2.59. The SMILES string of the molecule is CCC(OC1CCCCO1)(C(C)=O)C(=O)OOC(=O)C(OC1CCCCO1)(C(C)=O)C(c1cccc(C(C)(C)CO)c1)C(C)(C)C. The van der Waals surface area contributed by atoms with E-state index in [0.717, 1.165) is 31.2 Å². The van der Waals surface area contributed by atoms with Gasteiger partial charge in [0.25, 0.3) is 0 Å². The number of benzene rings is 1. The molecule has 2 heterocycles. The highest BCUT2D eigenvalue weighted by atomic mass is 17.2. The van der Waals surface area contributed by atoms with Crippen molar-refractivity contribution < 1.29 is 53.0 Å². The van der Waals surface area contributed by atoms with E-state index < -0.39 is 64.0 Å². The first kappa shape index (κ1) is 37.8. The van der Waals surface area contributed by atoms with Gasteiger partial charge in [-0.1, -0.05) is 65.8 Å². The largest absolute Gasteiger partial charge is 0.395 e. The summed E-state index contributed by atoms with van der Waals surface area (Å²) < 4.78 is 23.7. The molecular weight excluding hydrogens is 596 g/mol. The van der Waals surface area contributed by atoms with Crippen molar-refractivity contribution in [2.75, 3.05) is 19.8 Å². The highest BCUT2D eigenvalue weighted by Crippen LogP contribution is 2.48. The first-order chi connectivity index (χ1) is 21.5. The molecule has 0 aromatic heterocycles. The maximum absolute atomic E-state index is 14.4. The molecule has 11 heteroatoms. The van der Waals surface area contributed by atoms with Crippen LogP contribution in [0.15, 0.2) is 24.3 Å². The summed E-state index contributed by atoms with van der Waals surface area (Å²) in [6.07, 6.45) is 2.23. The van der Waals surface area contributed by atoms with Gasteiger partial charge in [0.15, 0.2) is 24.1 Å². The molecular formula is C35H52O11. The molecule has 1 aromatic rings. The molecule has 0 spiro atoms. The van der Waals surface area contributed by atoms with E-state index in [1.807, 2.05) is 46.8 Å². The van der Waals surface area contributed by atoms with Gasteiger partial charge in [-0.25, -0.2) is 19.4 Å². The van der Waals surface area contributed by atoms with Crippen molar-refractivity contribution in [2.24, 2.45) is 5.41 Å². The van der Waals surface area contributed by atoms with E-state index in [4.69, 9.17) is 28.7 Å². The van der Waals surface area contributed by atoms with Crippen LogP contribution in [0.25, 0.3) is 0 Å². The van der Waals surface area contributed by atoms with Gasteiger partial charge in [-0.2, -0.15) is 0 Å². The van der Waals surface area contributed by atoms with E-state index in [0.29, 0.717) is 31.6 Å². The zero-order valence-electron chi connectivity index (χ0n) is 28.6. The summed E-state index contributed by atoms with van der Waals surface area (Å²) in [6.45, 7) is 14.0. The van der Waals surface area contributed by atoms with Gasteiger partial charge >= 0.3 is 11.9 Å². The fraction of sp³-hybridized carbons (Fsp3) is 0.714. The highest BCUT2D eigenvalue weighted by Gasteiger charge is 2.60. The lowest BCUT2D eigenvalue weighted by molar-refractivity contribution is -0.301. The molecule has 2 aliphatic heterocycles. The summed E-state index contributed by atoms with van der Waals surface area (Å²) >= 11 is 0. The number of hydrogen-bond donors (Lipinski definition) is 1. The van der Waals surface area contributed by atoms with Gasteiger partial charge in [0.05, 0.1) is 6.61 Å². The molecule has 0 aliphatic carbocycles. The van der Waals surface area contributed by atoms with Crippen LogP contribution < -0.4 is 0 Å². The van der Waals surface area contributed by atoms with Crippen LogP contribution in [0.5, 0.6) is 0 Å². The number of carbonyl (C=O) groups excluding carboxylic acids is 4. The normalized spacial score (nSPS) is 22.5. The quantitative estimate of drug-likeness (QED) is 0.170. The third-order valence-electron chi connectivity index (χ3n) is 9.01. The maximum Gasteiger partial charge on any atom is 0.395 e. The molecule has 0 bridgehead atoms. The number of ether oxygens (including phenoxy) is 4. The van der Waals surface area contributed by atoms with Gasteiger partial charge in [-0.15, -0.1) is 0 Å². The zero-order valence-corrected chi connectivity index (χ0v) is 28.6. The van der Waals surface area contributed by atoms with Crippen LogP contribution in [0.3, 0.4) is 0 Å². The van der Waals surface area contributed by atoms with E-state index in [1.165, 1.54) is 13.8 Å². The molecule has 5 atom stereocenters. The standard InChI is InChI=1S/C35H52O11/c1-9-34(23(2)37,43-27-17-10-12-19-41-27)30(39)45-46-31(40)35(24(3)38,44-28-18-11-13-20-42-28)29(32(4,5)6)25-15-14-16-26(21-25)33(7,8)22-36/h14-16,21,27-29,36H,9-13,17-20,22H2,1-8H3. The topological polar surface area (TPSA) is 144 Å². The van der Waals surface area contributed by atoms with Crippen molar-refractivity contribution in [2.45, 2.75) is 135 Å². The molecule has 2 fully saturated rings. The third kappa shape index (κ3) is 8.23. The summed E-state index contributed by atoms with van der Waals surface area (Å²) in [5, 5.41) is 10.1. The van der Waals surface area contributed by atoms with Crippen molar-refractivity contribution in [3.8, 4) is 0 Å². The second-order valence-electron chi connectivity index (χ2n) is 14.1. The van der Waals surface area contributed by atoms with Crippen molar-refractivity contribution in [1.82, 2.24) is 0 Å². The fourth-order valence-corrected chi connectivity index (χ4v) is 6.24. The molecule has 1 N–H and O–H groups in total. The van der Waals surface area contributed by atoms with Crippen LogP contribution in [0.1, 0.15) is 117 Å².